The van der Waals surface area contributed by atoms with Gasteiger partial charge in [-0.25, -0.2) is 19.9 Å². The van der Waals surface area contributed by atoms with Crippen LogP contribution in [-0.4, -0.2) is 37.0 Å². The van der Waals surface area contributed by atoms with Gasteiger partial charge in [0.2, 0.25) is 0 Å². The fourth-order valence-corrected chi connectivity index (χ4v) is 9.79. The van der Waals surface area contributed by atoms with Crippen LogP contribution in [0.4, 0.5) is 5.82 Å². The van der Waals surface area contributed by atoms with Gasteiger partial charge in [0.25, 0.3) is 0 Å². The lowest BCUT2D eigenvalue weighted by molar-refractivity contribution is 0.415. The number of aromatic nitrogens is 6. The Labute approximate surface area is 308 Å². The first-order valence-corrected chi connectivity index (χ1v) is 19.1. The Hall–Kier alpha value is -4.22. The number of halogens is 2. The van der Waals surface area contributed by atoms with Crippen molar-refractivity contribution in [3.05, 3.63) is 104 Å². The largest absolute Gasteiger partial charge is 0.495 e. The molecule has 0 aliphatic heterocycles. The summed E-state index contributed by atoms with van der Waals surface area (Å²) in [4.78, 5) is 32.3. The van der Waals surface area contributed by atoms with Crippen LogP contribution in [0.1, 0.15) is 52.1 Å². The van der Waals surface area contributed by atoms with Gasteiger partial charge in [-0.15, -0.1) is 22.7 Å². The second-order valence-corrected chi connectivity index (χ2v) is 15.3. The third-order valence-electron chi connectivity index (χ3n) is 9.10. The molecule has 6 aromatic heterocycles. The van der Waals surface area contributed by atoms with E-state index in [1.165, 1.54) is 52.0 Å². The molecule has 0 fully saturated rings. The van der Waals surface area contributed by atoms with Crippen LogP contribution in [0.3, 0.4) is 0 Å². The normalized spacial score (nSPS) is 13.7. The first kappa shape index (κ1) is 33.0. The van der Waals surface area contributed by atoms with Crippen LogP contribution in [-0.2, 0) is 32.2 Å². The predicted octanol–water partition coefficient (Wildman–Crippen LogP) is 10.2. The van der Waals surface area contributed by atoms with Crippen molar-refractivity contribution in [2.75, 3.05) is 12.4 Å². The van der Waals surface area contributed by atoms with E-state index in [0.29, 0.717) is 34.1 Å². The Morgan fingerprint density at radius 2 is 1.32 bits per heavy atom. The van der Waals surface area contributed by atoms with E-state index in [1.807, 2.05) is 48.7 Å². The van der Waals surface area contributed by atoms with Crippen molar-refractivity contribution in [3.8, 4) is 28.5 Å². The number of benzene rings is 1. The average Bonchev–Trinajstić information content (AvgIpc) is 3.73. The molecule has 50 heavy (non-hydrogen) atoms. The molecular formula is C38H33Cl2N7OS2. The Kier molecular flexibility index (Phi) is 9.60. The van der Waals surface area contributed by atoms with Crippen molar-refractivity contribution >= 4 is 72.1 Å². The highest BCUT2D eigenvalue weighted by atomic mass is 35.5. The van der Waals surface area contributed by atoms with Crippen LogP contribution >= 0.6 is 45.9 Å². The van der Waals surface area contributed by atoms with Gasteiger partial charge in [0.15, 0.2) is 11.6 Å². The summed E-state index contributed by atoms with van der Waals surface area (Å²) in [5.41, 5.74) is 5.68. The van der Waals surface area contributed by atoms with Gasteiger partial charge >= 0.3 is 0 Å². The van der Waals surface area contributed by atoms with Crippen molar-refractivity contribution in [2.24, 2.45) is 0 Å². The highest BCUT2D eigenvalue weighted by Gasteiger charge is 2.23. The van der Waals surface area contributed by atoms with Crippen molar-refractivity contribution in [2.45, 2.75) is 57.9 Å². The Morgan fingerprint density at radius 3 is 1.92 bits per heavy atom. The van der Waals surface area contributed by atoms with Crippen LogP contribution < -0.4 is 10.1 Å². The predicted molar refractivity (Wildman–Crippen MR) is 205 cm³/mol. The van der Waals surface area contributed by atoms with E-state index in [9.17, 15) is 0 Å². The van der Waals surface area contributed by atoms with Crippen molar-refractivity contribution in [1.29, 1.82) is 0 Å². The van der Waals surface area contributed by atoms with Crippen molar-refractivity contribution in [1.82, 2.24) is 29.9 Å². The summed E-state index contributed by atoms with van der Waals surface area (Å²) in [7, 11) is 1.62. The van der Waals surface area contributed by atoms with Crippen LogP contribution in [0.15, 0.2) is 67.3 Å². The third kappa shape index (κ3) is 6.65. The number of nitrogens with one attached hydrogen (secondary N) is 1. The lowest BCUT2D eigenvalue weighted by Crippen LogP contribution is -2.06. The summed E-state index contributed by atoms with van der Waals surface area (Å²) in [6.07, 6.45) is 16.5. The van der Waals surface area contributed by atoms with E-state index in [0.717, 1.165) is 63.2 Å². The summed E-state index contributed by atoms with van der Waals surface area (Å²) in [6.45, 7) is 0.618. The quantitative estimate of drug-likeness (QED) is 0.168. The summed E-state index contributed by atoms with van der Waals surface area (Å²) in [6, 6.07) is 13.6. The lowest BCUT2D eigenvalue weighted by atomic mass is 9.97. The molecule has 1 aromatic carbocycles. The maximum atomic E-state index is 6.43. The fraction of sp³-hybridized carbons (Fsp3) is 0.263. The molecule has 2 aliphatic rings. The van der Waals surface area contributed by atoms with Crippen LogP contribution in [0, 0.1) is 0 Å². The van der Waals surface area contributed by atoms with E-state index >= 15 is 0 Å². The number of ether oxygens (including phenoxy) is 1. The first-order valence-electron chi connectivity index (χ1n) is 16.7. The van der Waals surface area contributed by atoms with E-state index in [-0.39, 0.29) is 0 Å². The molecule has 0 saturated heterocycles. The van der Waals surface area contributed by atoms with Crippen molar-refractivity contribution < 1.29 is 4.74 Å². The third-order valence-corrected chi connectivity index (χ3v) is 12.0. The van der Waals surface area contributed by atoms with Crippen LogP contribution in [0.2, 0.25) is 10.2 Å². The second kappa shape index (κ2) is 14.6. The molecule has 0 atom stereocenters. The maximum Gasteiger partial charge on any atom is 0.164 e. The van der Waals surface area contributed by atoms with Gasteiger partial charge in [0.05, 0.1) is 22.9 Å². The molecule has 9 rings (SSSR count). The van der Waals surface area contributed by atoms with E-state index in [4.69, 9.17) is 42.9 Å². The fourth-order valence-electron chi connectivity index (χ4n) is 6.65. The summed E-state index contributed by atoms with van der Waals surface area (Å²) in [5, 5.41) is 6.97. The van der Waals surface area contributed by atoms with E-state index < -0.39 is 0 Å². The highest BCUT2D eigenvalue weighted by Crippen LogP contribution is 2.41. The molecule has 0 spiro atoms. The molecule has 7 aromatic rings. The number of aryl methyl sites for hydroxylation is 4. The molecule has 6 heterocycles. The summed E-state index contributed by atoms with van der Waals surface area (Å²) in [5.74, 6) is 2.92. The molecule has 0 amide bonds. The molecule has 0 saturated carbocycles. The number of thiophene rings is 2. The Balaban J connectivity index is 0.000000156. The number of fused-ring (bicyclic) bond motifs is 6. The SMILES string of the molecule is COc1ccc(CNc2nc(-c3cccnc3)nc3sc4c(c23)CCCC4)cc1Cl.Clc1nc(-c2cccnc2)nc2sc3c(c12)CCCC3. The lowest BCUT2D eigenvalue weighted by Gasteiger charge is -2.14. The average molecular weight is 739 g/mol. The zero-order valence-corrected chi connectivity index (χ0v) is 30.5. The molecule has 0 unspecified atom stereocenters. The van der Waals surface area contributed by atoms with Gasteiger partial charge in [-0.2, -0.15) is 0 Å². The molecule has 12 heteroatoms. The number of anilines is 1. The number of hydrogen-bond donors (Lipinski definition) is 1. The Morgan fingerprint density at radius 1 is 0.720 bits per heavy atom. The van der Waals surface area contributed by atoms with Gasteiger partial charge in [0.1, 0.15) is 26.4 Å². The molecule has 2 aliphatic carbocycles. The molecule has 0 bridgehead atoms. The standard InChI is InChI=1S/C23H21ClN4OS.C15H12ClN3S/c1-29-18-9-8-14(11-17(18)24)12-26-22-20-16-6-2-3-7-19(16)30-23(20)28-21(27-22)15-5-4-10-25-13-15;16-13-12-10-5-1-2-6-11(10)20-15(12)19-14(18-13)9-4-3-7-17-8-9/h4-5,8-11,13H,2-3,6-7,12H2,1H3,(H,26,27,28);3-4,7-8H,1-2,5-6H2. The van der Waals surface area contributed by atoms with Crippen LogP contribution in [0.25, 0.3) is 43.2 Å². The topological polar surface area (TPSA) is 98.6 Å². The highest BCUT2D eigenvalue weighted by molar-refractivity contribution is 7.19. The minimum atomic E-state index is 0.577. The summed E-state index contributed by atoms with van der Waals surface area (Å²) >= 11 is 16.3. The zero-order chi connectivity index (χ0) is 34.0. The minimum Gasteiger partial charge on any atom is -0.495 e. The first-order chi connectivity index (χ1) is 24.6. The van der Waals surface area contributed by atoms with Gasteiger partial charge < -0.3 is 10.1 Å². The number of rotatable bonds is 6. The number of pyridine rings is 2. The monoisotopic (exact) mass is 737 g/mol. The van der Waals surface area contributed by atoms with Gasteiger partial charge in [0, 0.05) is 52.2 Å². The zero-order valence-electron chi connectivity index (χ0n) is 27.4. The number of nitrogens with zero attached hydrogens (tertiary/aromatic N) is 6. The minimum absolute atomic E-state index is 0.577. The second-order valence-electron chi connectivity index (χ2n) is 12.3. The maximum absolute atomic E-state index is 6.43. The molecule has 8 nitrogen and oxygen atoms in total. The smallest absolute Gasteiger partial charge is 0.164 e. The summed E-state index contributed by atoms with van der Waals surface area (Å²) < 4.78 is 5.26. The van der Waals surface area contributed by atoms with Gasteiger partial charge in [-0.1, -0.05) is 29.3 Å². The molecular weight excluding hydrogens is 706 g/mol. The van der Waals surface area contributed by atoms with Crippen molar-refractivity contribution in [3.63, 3.8) is 0 Å². The van der Waals surface area contributed by atoms with Gasteiger partial charge in [-0.05, 0) is 104 Å². The number of hydrogen-bond acceptors (Lipinski definition) is 10. The van der Waals surface area contributed by atoms with E-state index in [2.05, 4.69) is 20.3 Å². The Bertz CT molecular complexity index is 2310. The van der Waals surface area contributed by atoms with Gasteiger partial charge in [-0.3, -0.25) is 9.97 Å². The van der Waals surface area contributed by atoms with Crippen LogP contribution in [0.5, 0.6) is 5.75 Å². The molecule has 252 valence electrons. The molecule has 1 N–H and O–H groups in total. The molecule has 0 radical (unpaired) electrons. The van der Waals surface area contributed by atoms with E-state index in [1.54, 1.807) is 48.4 Å². The number of methoxy groups -OCH3 is 1.